The number of fused-ring (bicyclic) bond motifs is 4. The first kappa shape index (κ1) is 19.9. The van der Waals surface area contributed by atoms with E-state index in [1.807, 2.05) is 23.9 Å². The predicted octanol–water partition coefficient (Wildman–Crippen LogP) is 4.01. The van der Waals surface area contributed by atoms with Gasteiger partial charge in [-0.2, -0.15) is 11.8 Å². The second-order valence-corrected chi connectivity index (χ2v) is 10.5. The molecule has 2 aromatic rings. The number of nitrogens with zero attached hydrogens (tertiary/aromatic N) is 1. The van der Waals surface area contributed by atoms with Gasteiger partial charge < -0.3 is 20.1 Å². The van der Waals surface area contributed by atoms with Crippen molar-refractivity contribution in [3.63, 3.8) is 0 Å². The van der Waals surface area contributed by atoms with Gasteiger partial charge in [0.05, 0.1) is 18.2 Å². The van der Waals surface area contributed by atoms with Crippen molar-refractivity contribution in [2.24, 2.45) is 23.7 Å². The summed E-state index contributed by atoms with van der Waals surface area (Å²) in [5.74, 6) is 4.84. The molecule has 158 valence electrons. The molecule has 0 amide bonds. The van der Waals surface area contributed by atoms with Crippen LogP contribution in [-0.2, 0) is 12.4 Å². The van der Waals surface area contributed by atoms with E-state index in [1.165, 1.54) is 49.6 Å². The van der Waals surface area contributed by atoms with Gasteiger partial charge in [0.2, 0.25) is 0 Å². The molecule has 4 nitrogen and oxygen atoms in total. The Kier molecular flexibility index (Phi) is 5.92. The van der Waals surface area contributed by atoms with Crippen LogP contribution >= 0.6 is 11.8 Å². The molecule has 3 aliphatic rings. The molecule has 5 atom stereocenters. The molecule has 2 heterocycles. The first-order chi connectivity index (χ1) is 14.3. The number of H-pyrrole nitrogens is 1. The SMILES string of the molecule is OCc1cccc2c(CSCCN3CCC4C(C3)C(O)C3CCCCC34)c[nH]c12. The first-order valence-corrected chi connectivity index (χ1v) is 12.6. The van der Waals surface area contributed by atoms with Crippen LogP contribution < -0.4 is 0 Å². The second-order valence-electron chi connectivity index (χ2n) is 9.38. The Morgan fingerprint density at radius 3 is 2.72 bits per heavy atom. The fourth-order valence-electron chi connectivity index (χ4n) is 6.53. The normalized spacial score (nSPS) is 32.4. The molecule has 29 heavy (non-hydrogen) atoms. The summed E-state index contributed by atoms with van der Waals surface area (Å²) >= 11 is 1.99. The molecule has 1 aromatic heterocycles. The van der Waals surface area contributed by atoms with Gasteiger partial charge in [-0.05, 0) is 49.1 Å². The van der Waals surface area contributed by atoms with Crippen molar-refractivity contribution in [3.8, 4) is 0 Å². The Labute approximate surface area is 178 Å². The highest BCUT2D eigenvalue weighted by atomic mass is 32.2. The number of aromatic amines is 1. The molecule has 3 fully saturated rings. The van der Waals surface area contributed by atoms with Crippen molar-refractivity contribution < 1.29 is 10.2 Å². The summed E-state index contributed by atoms with van der Waals surface area (Å²) in [5, 5.41) is 21.7. The summed E-state index contributed by atoms with van der Waals surface area (Å²) in [6.07, 6.45) is 8.67. The minimum absolute atomic E-state index is 0.0484. The number of likely N-dealkylation sites (tertiary alicyclic amines) is 1. The van der Waals surface area contributed by atoms with E-state index in [0.717, 1.165) is 47.5 Å². The number of para-hydroxylation sites is 1. The maximum Gasteiger partial charge on any atom is 0.0702 e. The lowest BCUT2D eigenvalue weighted by Crippen LogP contribution is -2.43. The Morgan fingerprint density at radius 2 is 1.86 bits per heavy atom. The van der Waals surface area contributed by atoms with E-state index >= 15 is 0 Å². The molecule has 5 heteroatoms. The van der Waals surface area contributed by atoms with Gasteiger partial charge in [-0.3, -0.25) is 0 Å². The molecular formula is C24H34N2O2S. The number of aliphatic hydroxyl groups excluding tert-OH is 2. The maximum atomic E-state index is 10.9. The standard InChI is InChI=1S/C24H34N2O2S/c27-14-16-4-3-7-18-17(12-25-23(16)18)15-29-11-10-26-9-8-20-19-5-1-2-6-21(19)24(28)22(20)13-26/h3-4,7,12,19-22,24-25,27-28H,1-2,5-6,8-11,13-15H2. The Balaban J connectivity index is 1.13. The van der Waals surface area contributed by atoms with Gasteiger partial charge in [-0.25, -0.2) is 0 Å². The molecule has 2 aliphatic carbocycles. The number of piperidine rings is 1. The number of aliphatic hydroxyl groups is 2. The van der Waals surface area contributed by atoms with Gasteiger partial charge in [-0.1, -0.05) is 31.0 Å². The summed E-state index contributed by atoms with van der Waals surface area (Å²) in [7, 11) is 0. The molecule has 5 rings (SSSR count). The van der Waals surface area contributed by atoms with E-state index in [0.29, 0.717) is 11.8 Å². The summed E-state index contributed by atoms with van der Waals surface area (Å²) in [4.78, 5) is 5.95. The molecule has 1 aromatic carbocycles. The lowest BCUT2D eigenvalue weighted by Gasteiger charge is -2.38. The zero-order valence-corrected chi connectivity index (χ0v) is 18.0. The van der Waals surface area contributed by atoms with Gasteiger partial charge in [0.25, 0.3) is 0 Å². The summed E-state index contributed by atoms with van der Waals surface area (Å²) < 4.78 is 0. The van der Waals surface area contributed by atoms with Crippen LogP contribution in [-0.4, -0.2) is 51.6 Å². The highest BCUT2D eigenvalue weighted by molar-refractivity contribution is 7.98. The smallest absolute Gasteiger partial charge is 0.0702 e. The van der Waals surface area contributed by atoms with Crippen molar-refractivity contribution in [2.45, 2.75) is 50.6 Å². The number of rotatable bonds is 6. The lowest BCUT2D eigenvalue weighted by molar-refractivity contribution is 0.0387. The zero-order chi connectivity index (χ0) is 19.8. The Hall–Kier alpha value is -1.01. The summed E-state index contributed by atoms with van der Waals surface area (Å²) in [5.41, 5.74) is 3.37. The number of benzene rings is 1. The van der Waals surface area contributed by atoms with Crippen molar-refractivity contribution in [1.82, 2.24) is 9.88 Å². The molecule has 5 unspecified atom stereocenters. The molecule has 3 N–H and O–H groups in total. The van der Waals surface area contributed by atoms with Gasteiger partial charge in [0, 0.05) is 47.7 Å². The maximum absolute atomic E-state index is 10.9. The van der Waals surface area contributed by atoms with Crippen LogP contribution in [0.2, 0.25) is 0 Å². The van der Waals surface area contributed by atoms with E-state index in [4.69, 9.17) is 0 Å². The highest BCUT2D eigenvalue weighted by Crippen LogP contribution is 2.52. The third kappa shape index (κ3) is 3.76. The lowest BCUT2D eigenvalue weighted by atomic mass is 9.75. The number of aromatic nitrogens is 1. The van der Waals surface area contributed by atoms with Crippen LogP contribution in [0.5, 0.6) is 0 Å². The van der Waals surface area contributed by atoms with Crippen molar-refractivity contribution in [3.05, 3.63) is 35.5 Å². The van der Waals surface area contributed by atoms with Gasteiger partial charge >= 0.3 is 0 Å². The van der Waals surface area contributed by atoms with Crippen LogP contribution in [0.1, 0.15) is 43.2 Å². The Morgan fingerprint density at radius 1 is 1.03 bits per heavy atom. The fraction of sp³-hybridized carbons (Fsp3) is 0.667. The van der Waals surface area contributed by atoms with Gasteiger partial charge in [0.1, 0.15) is 0 Å². The van der Waals surface area contributed by atoms with Crippen molar-refractivity contribution >= 4 is 22.7 Å². The van der Waals surface area contributed by atoms with Gasteiger partial charge in [-0.15, -0.1) is 0 Å². The number of nitrogens with one attached hydrogen (secondary N) is 1. The van der Waals surface area contributed by atoms with E-state index in [1.54, 1.807) is 0 Å². The van der Waals surface area contributed by atoms with Crippen LogP contribution in [0.15, 0.2) is 24.4 Å². The molecule has 2 saturated carbocycles. The second kappa shape index (κ2) is 8.62. The predicted molar refractivity (Wildman–Crippen MR) is 120 cm³/mol. The highest BCUT2D eigenvalue weighted by Gasteiger charge is 2.51. The number of thioether (sulfide) groups is 1. The number of hydrogen-bond acceptors (Lipinski definition) is 4. The molecular weight excluding hydrogens is 380 g/mol. The van der Waals surface area contributed by atoms with Crippen molar-refractivity contribution in [1.29, 1.82) is 0 Å². The molecule has 1 saturated heterocycles. The van der Waals surface area contributed by atoms with E-state index < -0.39 is 0 Å². The summed E-state index contributed by atoms with van der Waals surface area (Å²) in [6, 6.07) is 6.16. The average molecular weight is 415 g/mol. The fourth-order valence-corrected chi connectivity index (χ4v) is 7.52. The first-order valence-electron chi connectivity index (χ1n) is 11.4. The zero-order valence-electron chi connectivity index (χ0n) is 17.2. The molecule has 0 bridgehead atoms. The van der Waals surface area contributed by atoms with E-state index in [9.17, 15) is 10.2 Å². The third-order valence-corrected chi connectivity index (χ3v) is 8.95. The number of hydrogen-bond donors (Lipinski definition) is 3. The minimum Gasteiger partial charge on any atom is -0.392 e. The van der Waals surface area contributed by atoms with Crippen LogP contribution in [0.3, 0.4) is 0 Å². The largest absolute Gasteiger partial charge is 0.392 e. The van der Waals surface area contributed by atoms with Crippen LogP contribution in [0.25, 0.3) is 10.9 Å². The minimum atomic E-state index is -0.0484. The molecule has 0 radical (unpaired) electrons. The van der Waals surface area contributed by atoms with E-state index in [-0.39, 0.29) is 12.7 Å². The quantitative estimate of drug-likeness (QED) is 0.625. The van der Waals surface area contributed by atoms with Crippen molar-refractivity contribution in [2.75, 3.05) is 25.4 Å². The van der Waals surface area contributed by atoms with Crippen LogP contribution in [0.4, 0.5) is 0 Å². The van der Waals surface area contributed by atoms with E-state index in [2.05, 4.69) is 22.1 Å². The Bertz CT molecular complexity index is 837. The monoisotopic (exact) mass is 414 g/mol. The molecule has 0 spiro atoms. The summed E-state index contributed by atoms with van der Waals surface area (Å²) in [6.45, 7) is 3.52. The van der Waals surface area contributed by atoms with Gasteiger partial charge in [0.15, 0.2) is 0 Å². The molecule has 1 aliphatic heterocycles. The average Bonchev–Trinajstić information content (AvgIpc) is 3.31. The topological polar surface area (TPSA) is 59.5 Å². The third-order valence-electron chi connectivity index (χ3n) is 7.97. The van der Waals surface area contributed by atoms with Crippen LogP contribution in [0, 0.1) is 23.7 Å².